The first kappa shape index (κ1) is 42.0. The average Bonchev–Trinajstić information content (AvgIpc) is 3.65. The Morgan fingerprint density at radius 1 is 0.830 bits per heavy atom. The molecule has 1 aliphatic rings. The van der Waals surface area contributed by atoms with E-state index in [2.05, 4.69) is 86.7 Å². The molecule has 4 N–H and O–H groups in total. The lowest BCUT2D eigenvalue weighted by molar-refractivity contribution is -0.147. The number of unbranched alkanes of at least 4 members (excludes halogenated alkanes) is 4. The molecule has 1 saturated heterocycles. The maximum Gasteiger partial charge on any atom is 0.351 e. The average molecular weight is 750 g/mol. The van der Waals surface area contributed by atoms with Crippen molar-refractivity contribution in [2.75, 3.05) is 68.9 Å². The van der Waals surface area contributed by atoms with Gasteiger partial charge in [-0.1, -0.05) is 61.4 Å². The molecule has 2 aromatic carbocycles. The van der Waals surface area contributed by atoms with Crippen LogP contribution in [0.2, 0.25) is 0 Å². The number of thioether (sulfide) groups is 1. The normalized spacial score (nSPS) is 15.3. The molecule has 0 saturated carbocycles. The van der Waals surface area contributed by atoms with Crippen LogP contribution >= 0.6 is 11.8 Å². The van der Waals surface area contributed by atoms with Crippen LogP contribution in [0.25, 0.3) is 0 Å². The van der Waals surface area contributed by atoms with Crippen LogP contribution in [-0.4, -0.2) is 85.5 Å². The number of esters is 1. The molecule has 2 atom stereocenters. The van der Waals surface area contributed by atoms with E-state index in [1.54, 1.807) is 12.3 Å². The van der Waals surface area contributed by atoms with Crippen molar-refractivity contribution in [1.29, 1.82) is 0 Å². The number of nitrogens with zero attached hydrogens (tertiary/aromatic N) is 3. The number of hydrogen-bond donors (Lipinski definition) is 4. The quantitative estimate of drug-likeness (QED) is 0.0596. The van der Waals surface area contributed by atoms with Crippen LogP contribution in [0.15, 0.2) is 77.7 Å². The Bertz CT molecular complexity index is 1510. The van der Waals surface area contributed by atoms with E-state index >= 15 is 0 Å². The van der Waals surface area contributed by atoms with E-state index in [9.17, 15) is 14.4 Å². The molecule has 290 valence electrons. The molecule has 4 rings (SSSR count). The van der Waals surface area contributed by atoms with Gasteiger partial charge >= 0.3 is 11.7 Å². The Morgan fingerprint density at radius 2 is 1.49 bits per heavy atom. The predicted molar refractivity (Wildman–Crippen MR) is 214 cm³/mol. The van der Waals surface area contributed by atoms with Crippen molar-refractivity contribution in [1.82, 2.24) is 25.5 Å². The number of aromatic nitrogens is 2. The maximum atomic E-state index is 12.7. The fourth-order valence-corrected chi connectivity index (χ4v) is 6.88. The molecule has 1 aliphatic heterocycles. The molecule has 0 radical (unpaired) electrons. The number of benzene rings is 2. The van der Waals surface area contributed by atoms with Gasteiger partial charge in [0.05, 0.1) is 0 Å². The molecule has 0 aliphatic carbocycles. The van der Waals surface area contributed by atoms with Gasteiger partial charge in [0.1, 0.15) is 24.1 Å². The number of carbonyl (C=O) groups is 2. The largest absolute Gasteiger partial charge is 0.462 e. The highest BCUT2D eigenvalue weighted by molar-refractivity contribution is 8.00. The van der Waals surface area contributed by atoms with Gasteiger partial charge in [-0.3, -0.25) is 14.2 Å². The van der Waals surface area contributed by atoms with Crippen molar-refractivity contribution in [2.24, 2.45) is 0 Å². The first-order chi connectivity index (χ1) is 26.0. The molecule has 2 heterocycles. The lowest BCUT2D eigenvalue weighted by Gasteiger charge is -2.19. The minimum Gasteiger partial charge on any atom is -0.462 e. The number of rotatable bonds is 27. The van der Waals surface area contributed by atoms with Crippen LogP contribution < -0.4 is 31.9 Å². The summed E-state index contributed by atoms with van der Waals surface area (Å²) in [7, 11) is 2.11. The van der Waals surface area contributed by atoms with E-state index in [4.69, 9.17) is 9.47 Å². The number of anilines is 2. The summed E-state index contributed by atoms with van der Waals surface area (Å²) in [5.41, 5.74) is 1.68. The SMILES string of the molecule is CN(CCCNCCCCCC(=O)OCC1OC(n2ccc(NC(=O)CCCCCNCCCNCc3ccccc3)nc2=O)CS1)c1ccccc1. The summed E-state index contributed by atoms with van der Waals surface area (Å²) in [5, 5.41) is 13.1. The van der Waals surface area contributed by atoms with Crippen molar-refractivity contribution in [3.63, 3.8) is 0 Å². The summed E-state index contributed by atoms with van der Waals surface area (Å²) in [4.78, 5) is 43.7. The number of amides is 1. The van der Waals surface area contributed by atoms with Gasteiger partial charge < -0.3 is 35.6 Å². The highest BCUT2D eigenvalue weighted by atomic mass is 32.2. The molecule has 1 fully saturated rings. The second kappa shape index (κ2) is 25.3. The van der Waals surface area contributed by atoms with Crippen LogP contribution in [0.3, 0.4) is 0 Å². The molecule has 13 heteroatoms. The third-order valence-electron chi connectivity index (χ3n) is 8.94. The van der Waals surface area contributed by atoms with Gasteiger partial charge in [0.2, 0.25) is 5.91 Å². The van der Waals surface area contributed by atoms with Crippen LogP contribution in [0.4, 0.5) is 11.5 Å². The fraction of sp³-hybridized carbons (Fsp3) is 0.550. The van der Waals surface area contributed by atoms with Gasteiger partial charge in [-0.05, 0) is 95.0 Å². The standard InChI is InChI=1S/C40H59N7O5S/c1-46(34-18-8-3-9-19-34)28-15-27-42-24-13-5-11-21-38(49)51-31-39-52-37(32-53-39)47-29-22-35(45-40(47)50)44-36(48)20-10-4-12-23-41-25-14-26-43-30-33-16-6-2-7-17-33/h2-3,6-9,16-19,22,29,37,39,41-43H,4-5,10-15,20-21,23-28,30-32H2,1H3,(H,44,45,48,50). The van der Waals surface area contributed by atoms with Crippen molar-refractivity contribution >= 4 is 35.1 Å². The monoisotopic (exact) mass is 749 g/mol. The lowest BCUT2D eigenvalue weighted by atomic mass is 10.2. The number of ether oxygens (including phenoxy) is 2. The van der Waals surface area contributed by atoms with E-state index in [0.717, 1.165) is 97.2 Å². The highest BCUT2D eigenvalue weighted by Crippen LogP contribution is 2.31. The van der Waals surface area contributed by atoms with E-state index in [0.29, 0.717) is 18.6 Å². The van der Waals surface area contributed by atoms with E-state index in [1.165, 1.54) is 27.6 Å². The summed E-state index contributed by atoms with van der Waals surface area (Å²) in [6.45, 7) is 6.80. The number of nitrogens with one attached hydrogen (secondary N) is 4. The predicted octanol–water partition coefficient (Wildman–Crippen LogP) is 5.32. The minimum absolute atomic E-state index is 0.137. The third kappa shape index (κ3) is 17.3. The summed E-state index contributed by atoms with van der Waals surface area (Å²) < 4.78 is 12.8. The van der Waals surface area contributed by atoms with E-state index in [1.807, 2.05) is 12.1 Å². The zero-order valence-electron chi connectivity index (χ0n) is 31.3. The second-order valence-corrected chi connectivity index (χ2v) is 14.5. The smallest absolute Gasteiger partial charge is 0.351 e. The molecule has 0 bridgehead atoms. The summed E-state index contributed by atoms with van der Waals surface area (Å²) >= 11 is 1.50. The van der Waals surface area contributed by atoms with Gasteiger partial charge in [0.25, 0.3) is 0 Å². The molecule has 53 heavy (non-hydrogen) atoms. The number of hydrogen-bond acceptors (Lipinski definition) is 11. The van der Waals surface area contributed by atoms with Crippen molar-refractivity contribution < 1.29 is 19.1 Å². The van der Waals surface area contributed by atoms with Crippen molar-refractivity contribution in [3.05, 3.63) is 89.0 Å². The minimum atomic E-state index is -0.515. The topological polar surface area (TPSA) is 139 Å². The first-order valence-corrected chi connectivity index (χ1v) is 20.3. The number of para-hydroxylation sites is 1. The van der Waals surface area contributed by atoms with Crippen LogP contribution in [0.5, 0.6) is 0 Å². The molecule has 1 amide bonds. The Morgan fingerprint density at radius 3 is 2.23 bits per heavy atom. The first-order valence-electron chi connectivity index (χ1n) is 19.2. The van der Waals surface area contributed by atoms with Crippen LogP contribution in [0, 0.1) is 0 Å². The zero-order chi connectivity index (χ0) is 37.4. The molecule has 0 spiro atoms. The molecule has 2 unspecified atom stereocenters. The van der Waals surface area contributed by atoms with Crippen molar-refractivity contribution in [2.45, 2.75) is 82.4 Å². The Hall–Kier alpha value is -3.75. The Kier molecular flexibility index (Phi) is 20.0. The molecular formula is C40H59N7O5S. The van der Waals surface area contributed by atoms with Gasteiger partial charge in [-0.25, -0.2) is 4.79 Å². The second-order valence-electron chi connectivity index (χ2n) is 13.3. The fourth-order valence-electron chi connectivity index (χ4n) is 5.89. The molecule has 12 nitrogen and oxygen atoms in total. The van der Waals surface area contributed by atoms with Gasteiger partial charge in [-0.15, -0.1) is 11.8 Å². The molecule has 3 aromatic rings. The third-order valence-corrected chi connectivity index (χ3v) is 10.0. The summed E-state index contributed by atoms with van der Waals surface area (Å²) in [6, 6.07) is 22.4. The van der Waals surface area contributed by atoms with E-state index in [-0.39, 0.29) is 29.7 Å². The molecule has 1 aromatic heterocycles. The van der Waals surface area contributed by atoms with Crippen LogP contribution in [0.1, 0.15) is 76.0 Å². The van der Waals surface area contributed by atoms with Gasteiger partial charge in [-0.2, -0.15) is 4.98 Å². The molecular weight excluding hydrogens is 691 g/mol. The van der Waals surface area contributed by atoms with Gasteiger partial charge in [0.15, 0.2) is 0 Å². The number of carbonyl (C=O) groups excluding carboxylic acids is 2. The highest BCUT2D eigenvalue weighted by Gasteiger charge is 2.29. The van der Waals surface area contributed by atoms with Gasteiger partial charge in [0, 0.05) is 50.6 Å². The lowest BCUT2D eigenvalue weighted by Crippen LogP contribution is -2.29. The maximum absolute atomic E-state index is 12.7. The van der Waals surface area contributed by atoms with Crippen molar-refractivity contribution in [3.8, 4) is 0 Å². The van der Waals surface area contributed by atoms with E-state index < -0.39 is 11.9 Å². The van der Waals surface area contributed by atoms with Crippen LogP contribution in [-0.2, 0) is 25.6 Å². The zero-order valence-corrected chi connectivity index (χ0v) is 32.1. The Labute approximate surface area is 319 Å². The Balaban J connectivity index is 0.962. The summed E-state index contributed by atoms with van der Waals surface area (Å²) in [6.07, 6.45) is 9.46. The summed E-state index contributed by atoms with van der Waals surface area (Å²) in [5.74, 6) is 0.378.